The molecule has 0 unspecified atom stereocenters. The van der Waals surface area contributed by atoms with Gasteiger partial charge in [-0.25, -0.2) is 4.98 Å². The van der Waals surface area contributed by atoms with Crippen LogP contribution in [0.5, 0.6) is 11.5 Å². The molecule has 60 heavy (non-hydrogen) atoms. The number of ether oxygens (including phenoxy) is 1. The van der Waals surface area contributed by atoms with Crippen LogP contribution in [0, 0.1) is 5.41 Å². The van der Waals surface area contributed by atoms with Crippen LogP contribution in [-0.4, -0.2) is 16.2 Å². The van der Waals surface area contributed by atoms with Gasteiger partial charge in [0.05, 0.1) is 17.7 Å². The molecule has 1 aliphatic heterocycles. The Hall–Kier alpha value is -6.59. The summed E-state index contributed by atoms with van der Waals surface area (Å²) in [5.74, 6) is 2.43. The Balaban J connectivity index is 1.05. The SMILES string of the molecule is CC(C)(C)C1=CN(c2cccc(Oc3ccc4c5ccccc5n(-c5cc(C(C)(C)c6ccccc6)ccn5)c4c3)c2)CN1c1cc(-c2ccccc2)cc(C(C)(C)C)c1. The second-order valence-electron chi connectivity index (χ2n) is 18.7. The van der Waals surface area contributed by atoms with Crippen molar-refractivity contribution >= 4 is 33.2 Å². The molecule has 0 bridgehead atoms. The molecule has 8 aromatic rings. The second-order valence-corrected chi connectivity index (χ2v) is 18.7. The summed E-state index contributed by atoms with van der Waals surface area (Å²) in [6.07, 6.45) is 4.25. The Morgan fingerprint density at radius 1 is 0.500 bits per heavy atom. The van der Waals surface area contributed by atoms with E-state index < -0.39 is 0 Å². The minimum atomic E-state index is -0.201. The molecule has 0 N–H and O–H groups in total. The average Bonchev–Trinajstić information content (AvgIpc) is 3.85. The summed E-state index contributed by atoms with van der Waals surface area (Å²) in [5, 5.41) is 2.34. The Labute approximate surface area is 355 Å². The van der Waals surface area contributed by atoms with Crippen molar-refractivity contribution in [3.8, 4) is 28.4 Å². The predicted octanol–water partition coefficient (Wildman–Crippen LogP) is 14.4. The van der Waals surface area contributed by atoms with Gasteiger partial charge in [-0.15, -0.1) is 0 Å². The molecule has 2 aromatic heterocycles. The first-order valence-corrected chi connectivity index (χ1v) is 21.1. The highest BCUT2D eigenvalue weighted by Gasteiger charge is 2.32. The lowest BCUT2D eigenvalue weighted by Crippen LogP contribution is -2.31. The zero-order chi connectivity index (χ0) is 41.8. The van der Waals surface area contributed by atoms with E-state index in [1.807, 2.05) is 12.3 Å². The summed E-state index contributed by atoms with van der Waals surface area (Å²) < 4.78 is 9.01. The maximum absolute atomic E-state index is 6.74. The van der Waals surface area contributed by atoms with Crippen molar-refractivity contribution in [3.63, 3.8) is 0 Å². The largest absolute Gasteiger partial charge is 0.457 e. The molecule has 0 amide bonds. The third-order valence-electron chi connectivity index (χ3n) is 12.1. The van der Waals surface area contributed by atoms with E-state index in [0.717, 1.165) is 39.4 Å². The molecule has 5 nitrogen and oxygen atoms in total. The van der Waals surface area contributed by atoms with E-state index in [1.165, 1.54) is 44.6 Å². The molecule has 5 heteroatoms. The lowest BCUT2D eigenvalue weighted by Gasteiger charge is -2.32. The highest BCUT2D eigenvalue weighted by Crippen LogP contribution is 2.42. The van der Waals surface area contributed by atoms with Crippen LogP contribution >= 0.6 is 0 Å². The number of fused-ring (bicyclic) bond motifs is 3. The van der Waals surface area contributed by atoms with Crippen molar-refractivity contribution in [3.05, 3.63) is 193 Å². The van der Waals surface area contributed by atoms with E-state index in [9.17, 15) is 0 Å². The monoisotopic (exact) mass is 786 g/mol. The molecule has 300 valence electrons. The summed E-state index contributed by atoms with van der Waals surface area (Å²) in [4.78, 5) is 9.78. The number of benzene rings is 6. The van der Waals surface area contributed by atoms with E-state index >= 15 is 0 Å². The molecule has 6 aromatic carbocycles. The quantitative estimate of drug-likeness (QED) is 0.154. The lowest BCUT2D eigenvalue weighted by atomic mass is 9.78. The zero-order valence-corrected chi connectivity index (χ0v) is 36.1. The van der Waals surface area contributed by atoms with Gasteiger partial charge in [0.25, 0.3) is 0 Å². The smallest absolute Gasteiger partial charge is 0.137 e. The van der Waals surface area contributed by atoms with Crippen molar-refractivity contribution in [2.75, 3.05) is 16.5 Å². The van der Waals surface area contributed by atoms with Crippen LogP contribution in [0.1, 0.15) is 72.1 Å². The summed E-state index contributed by atoms with van der Waals surface area (Å²) in [7, 11) is 0. The van der Waals surface area contributed by atoms with Crippen LogP contribution in [-0.2, 0) is 10.8 Å². The number of hydrogen-bond donors (Lipinski definition) is 0. The minimum Gasteiger partial charge on any atom is -0.457 e. The molecule has 0 saturated carbocycles. The van der Waals surface area contributed by atoms with Crippen LogP contribution in [0.4, 0.5) is 11.4 Å². The molecule has 0 aliphatic carbocycles. The Bertz CT molecular complexity index is 2870. The number of nitrogens with zero attached hydrogens (tertiary/aromatic N) is 4. The average molecular weight is 787 g/mol. The maximum atomic E-state index is 6.74. The summed E-state index contributed by atoms with van der Waals surface area (Å²) in [6, 6.07) is 56.3. The van der Waals surface area contributed by atoms with Crippen molar-refractivity contribution in [2.24, 2.45) is 5.41 Å². The van der Waals surface area contributed by atoms with Crippen LogP contribution in [0.3, 0.4) is 0 Å². The molecule has 3 heterocycles. The highest BCUT2D eigenvalue weighted by molar-refractivity contribution is 6.09. The van der Waals surface area contributed by atoms with Gasteiger partial charge in [0.15, 0.2) is 0 Å². The number of pyridine rings is 1. The molecule has 0 fully saturated rings. The molecule has 0 saturated heterocycles. The third-order valence-corrected chi connectivity index (χ3v) is 12.1. The van der Waals surface area contributed by atoms with E-state index in [1.54, 1.807) is 0 Å². The summed E-state index contributed by atoms with van der Waals surface area (Å²) >= 11 is 0. The molecule has 0 radical (unpaired) electrons. The van der Waals surface area contributed by atoms with Crippen molar-refractivity contribution in [1.29, 1.82) is 0 Å². The normalized spacial score (nSPS) is 13.6. The molecule has 1 aliphatic rings. The second kappa shape index (κ2) is 14.9. The van der Waals surface area contributed by atoms with Crippen LogP contribution in [0.2, 0.25) is 0 Å². The van der Waals surface area contributed by atoms with Crippen LogP contribution in [0.15, 0.2) is 176 Å². The Kier molecular flexibility index (Phi) is 9.66. The minimum absolute atomic E-state index is 0.00651. The van der Waals surface area contributed by atoms with Crippen molar-refractivity contribution in [1.82, 2.24) is 9.55 Å². The Morgan fingerprint density at radius 3 is 1.95 bits per heavy atom. The van der Waals surface area contributed by atoms with E-state index in [2.05, 4.69) is 228 Å². The van der Waals surface area contributed by atoms with Crippen LogP contribution in [0.25, 0.3) is 38.8 Å². The highest BCUT2D eigenvalue weighted by atomic mass is 16.5. The van der Waals surface area contributed by atoms with Crippen LogP contribution < -0.4 is 14.5 Å². The van der Waals surface area contributed by atoms with Gasteiger partial charge < -0.3 is 14.5 Å². The molecular formula is C55H54N4O. The number of anilines is 2. The van der Waals surface area contributed by atoms with Gasteiger partial charge in [-0.05, 0) is 87.8 Å². The van der Waals surface area contributed by atoms with Gasteiger partial charge in [0.2, 0.25) is 0 Å². The van der Waals surface area contributed by atoms with E-state index in [4.69, 9.17) is 9.72 Å². The molecule has 0 atom stereocenters. The van der Waals surface area contributed by atoms with Gasteiger partial charge >= 0.3 is 0 Å². The van der Waals surface area contributed by atoms with Gasteiger partial charge in [0, 0.05) is 63.2 Å². The van der Waals surface area contributed by atoms with E-state index in [-0.39, 0.29) is 16.2 Å². The number of allylic oxidation sites excluding steroid dienone is 1. The molecule has 9 rings (SSSR count). The fraction of sp³-hybridized carbons (Fsp3) is 0.218. The Morgan fingerprint density at radius 2 is 1.20 bits per heavy atom. The summed E-state index contributed by atoms with van der Waals surface area (Å²) in [5.41, 5.74) is 11.6. The van der Waals surface area contributed by atoms with Crippen molar-refractivity contribution < 1.29 is 4.74 Å². The number of aromatic nitrogens is 2. The fourth-order valence-corrected chi connectivity index (χ4v) is 8.53. The topological polar surface area (TPSA) is 33.5 Å². The van der Waals surface area contributed by atoms with Gasteiger partial charge in [-0.1, -0.05) is 146 Å². The molecule has 0 spiro atoms. The fourth-order valence-electron chi connectivity index (χ4n) is 8.53. The predicted molar refractivity (Wildman–Crippen MR) is 252 cm³/mol. The first-order valence-electron chi connectivity index (χ1n) is 21.1. The van der Waals surface area contributed by atoms with Gasteiger partial charge in [0.1, 0.15) is 17.3 Å². The van der Waals surface area contributed by atoms with Gasteiger partial charge in [-0.3, -0.25) is 4.57 Å². The van der Waals surface area contributed by atoms with Crippen molar-refractivity contribution in [2.45, 2.75) is 66.2 Å². The first-order chi connectivity index (χ1) is 28.7. The summed E-state index contributed by atoms with van der Waals surface area (Å²) in [6.45, 7) is 19.0. The molecular weight excluding hydrogens is 733 g/mol. The zero-order valence-electron chi connectivity index (χ0n) is 36.1. The maximum Gasteiger partial charge on any atom is 0.137 e. The first kappa shape index (κ1) is 38.9. The number of hydrogen-bond acceptors (Lipinski definition) is 4. The number of para-hydroxylation sites is 1. The third kappa shape index (κ3) is 7.34. The lowest BCUT2D eigenvalue weighted by molar-refractivity contribution is 0.483. The van der Waals surface area contributed by atoms with Gasteiger partial charge in [-0.2, -0.15) is 0 Å². The number of rotatable bonds is 8. The standard InChI is InChI=1S/C55H54N4O/c1-53(2,3)42-30-39(38-18-11-9-12-19-38)31-44(32-42)58-37-57(36-51(58)54(4,5)6)43-22-17-23-45(34-43)60-46-26-27-48-47-24-15-16-25-49(47)59(50(48)35-46)52-33-41(28-29-56-52)55(7,8)40-20-13-10-14-21-40/h9-36H,37H2,1-8H3. The van der Waals surface area contributed by atoms with E-state index in [0.29, 0.717) is 6.67 Å².